The highest BCUT2D eigenvalue weighted by molar-refractivity contribution is 5.66. The van der Waals surface area contributed by atoms with Crippen LogP contribution in [0.25, 0.3) is 5.52 Å². The van der Waals surface area contributed by atoms with Crippen LogP contribution < -0.4 is 5.56 Å². The third kappa shape index (κ3) is 2.03. The van der Waals surface area contributed by atoms with E-state index in [0.29, 0.717) is 23.7 Å². The molecule has 1 aliphatic rings. The van der Waals surface area contributed by atoms with Crippen LogP contribution in [0.1, 0.15) is 37.1 Å². The zero-order chi connectivity index (χ0) is 13.6. The van der Waals surface area contributed by atoms with Gasteiger partial charge in [-0.15, -0.1) is 0 Å². The molecule has 0 aliphatic heterocycles. The van der Waals surface area contributed by atoms with Crippen molar-refractivity contribution in [2.24, 2.45) is 0 Å². The highest BCUT2D eigenvalue weighted by Gasteiger charge is 2.26. The van der Waals surface area contributed by atoms with Gasteiger partial charge in [-0.1, -0.05) is 6.92 Å². The van der Waals surface area contributed by atoms with Gasteiger partial charge in [0.25, 0.3) is 5.56 Å². The first-order valence-electron chi connectivity index (χ1n) is 6.44. The molecule has 0 bridgehead atoms. The molecule has 0 atom stereocenters. The molecule has 0 amide bonds. The van der Waals surface area contributed by atoms with Crippen LogP contribution in [0, 0.1) is 0 Å². The molecule has 6 nitrogen and oxygen atoms in total. The first kappa shape index (κ1) is 12.0. The van der Waals surface area contributed by atoms with Crippen LogP contribution >= 0.6 is 0 Å². The maximum atomic E-state index is 12.2. The zero-order valence-corrected chi connectivity index (χ0v) is 10.7. The van der Waals surface area contributed by atoms with Gasteiger partial charge in [-0.05, 0) is 30.4 Å². The molecule has 3 rings (SSSR count). The fourth-order valence-corrected chi connectivity index (χ4v) is 2.34. The molecule has 0 spiro atoms. The van der Waals surface area contributed by atoms with Crippen LogP contribution in [0.2, 0.25) is 0 Å². The summed E-state index contributed by atoms with van der Waals surface area (Å²) >= 11 is 0. The lowest BCUT2D eigenvalue weighted by atomic mass is 10.2. The number of carboxylic acids is 1. The van der Waals surface area contributed by atoms with E-state index in [4.69, 9.17) is 5.11 Å². The van der Waals surface area contributed by atoms with Crippen molar-refractivity contribution in [2.45, 2.75) is 38.6 Å². The number of carboxylic acid groups (broad SMARTS) is 1. The van der Waals surface area contributed by atoms with Crippen molar-refractivity contribution in [2.75, 3.05) is 0 Å². The molecule has 1 N–H and O–H groups in total. The van der Waals surface area contributed by atoms with E-state index in [1.165, 1.54) is 0 Å². The fourth-order valence-electron chi connectivity index (χ4n) is 2.34. The van der Waals surface area contributed by atoms with Crippen molar-refractivity contribution < 1.29 is 9.90 Å². The molecule has 2 aromatic rings. The summed E-state index contributed by atoms with van der Waals surface area (Å²) in [7, 11) is 0. The Morgan fingerprint density at radius 2 is 2.26 bits per heavy atom. The molecule has 1 fully saturated rings. The Kier molecular flexibility index (Phi) is 2.66. The lowest BCUT2D eigenvalue weighted by Crippen LogP contribution is -2.29. The van der Waals surface area contributed by atoms with Gasteiger partial charge in [-0.25, -0.2) is 4.68 Å². The number of rotatable bonds is 4. The molecule has 2 heterocycles. The number of nitrogens with zero attached hydrogens (tertiary/aromatic N) is 3. The Morgan fingerprint density at radius 1 is 1.53 bits per heavy atom. The molecule has 100 valence electrons. The van der Waals surface area contributed by atoms with Crippen LogP contribution in [-0.4, -0.2) is 25.3 Å². The molecule has 19 heavy (non-hydrogen) atoms. The number of hydrogen-bond donors (Lipinski definition) is 1. The van der Waals surface area contributed by atoms with Crippen LogP contribution in [0.3, 0.4) is 0 Å². The van der Waals surface area contributed by atoms with Crippen molar-refractivity contribution in [1.29, 1.82) is 0 Å². The number of hydrogen-bond acceptors (Lipinski definition) is 3. The Morgan fingerprint density at radius 3 is 2.84 bits per heavy atom. The van der Waals surface area contributed by atoms with Crippen LogP contribution in [-0.2, 0) is 17.8 Å². The van der Waals surface area contributed by atoms with Crippen molar-refractivity contribution in [3.63, 3.8) is 0 Å². The van der Waals surface area contributed by atoms with Gasteiger partial charge in [-0.3, -0.25) is 14.0 Å². The van der Waals surface area contributed by atoms with Gasteiger partial charge < -0.3 is 5.11 Å². The second kappa shape index (κ2) is 4.22. The largest absolute Gasteiger partial charge is 0.480 e. The van der Waals surface area contributed by atoms with E-state index in [-0.39, 0.29) is 5.56 Å². The van der Waals surface area contributed by atoms with Gasteiger partial charge in [0, 0.05) is 12.6 Å². The SMILES string of the molecule is CCc1nn(CC(=O)O)c(=O)c2cc(C3CC3)cn12. The van der Waals surface area contributed by atoms with E-state index in [9.17, 15) is 9.59 Å². The minimum absolute atomic E-state index is 0.341. The third-order valence-electron chi connectivity index (χ3n) is 3.46. The molecule has 6 heteroatoms. The summed E-state index contributed by atoms with van der Waals surface area (Å²) in [6, 6.07) is 1.87. The normalized spacial score (nSPS) is 15.0. The van der Waals surface area contributed by atoms with Gasteiger partial charge in [0.05, 0.1) is 0 Å². The fraction of sp³-hybridized carbons (Fsp3) is 0.462. The Balaban J connectivity index is 2.21. The van der Waals surface area contributed by atoms with Crippen molar-refractivity contribution >= 4 is 11.5 Å². The van der Waals surface area contributed by atoms with Gasteiger partial charge in [0.1, 0.15) is 17.9 Å². The average Bonchev–Trinajstić information content (AvgIpc) is 3.12. The average molecular weight is 261 g/mol. The van der Waals surface area contributed by atoms with Gasteiger partial charge in [-0.2, -0.15) is 5.10 Å². The maximum Gasteiger partial charge on any atom is 0.325 e. The lowest BCUT2D eigenvalue weighted by Gasteiger charge is -2.06. The van der Waals surface area contributed by atoms with Crippen molar-refractivity contribution in [1.82, 2.24) is 14.2 Å². The molecule has 1 aliphatic carbocycles. The van der Waals surface area contributed by atoms with E-state index >= 15 is 0 Å². The predicted molar refractivity (Wildman–Crippen MR) is 68.4 cm³/mol. The predicted octanol–water partition coefficient (Wildman–Crippen LogP) is 1.02. The van der Waals surface area contributed by atoms with Gasteiger partial charge in [0.2, 0.25) is 0 Å². The molecule has 1 saturated carbocycles. The van der Waals surface area contributed by atoms with E-state index in [1.807, 2.05) is 19.2 Å². The summed E-state index contributed by atoms with van der Waals surface area (Å²) in [5, 5.41) is 13.0. The van der Waals surface area contributed by atoms with E-state index in [2.05, 4.69) is 5.10 Å². The molecule has 2 aromatic heterocycles. The second-order valence-electron chi connectivity index (χ2n) is 4.93. The Bertz CT molecular complexity index is 710. The molecular weight excluding hydrogens is 246 g/mol. The standard InChI is InChI=1S/C13H15N3O3/c1-2-11-14-16(7-12(17)18)13(19)10-5-9(6-15(10)11)8-3-4-8/h5-6,8H,2-4,7H2,1H3,(H,17,18). The van der Waals surface area contributed by atoms with Crippen LogP contribution in [0.4, 0.5) is 0 Å². The number of fused-ring (bicyclic) bond motifs is 1. The minimum Gasteiger partial charge on any atom is -0.480 e. The van der Waals surface area contributed by atoms with E-state index in [1.54, 1.807) is 4.40 Å². The maximum absolute atomic E-state index is 12.2. The smallest absolute Gasteiger partial charge is 0.325 e. The first-order chi connectivity index (χ1) is 9.10. The van der Waals surface area contributed by atoms with Crippen LogP contribution in [0.5, 0.6) is 0 Å². The van der Waals surface area contributed by atoms with E-state index in [0.717, 1.165) is 23.1 Å². The van der Waals surface area contributed by atoms with Crippen molar-refractivity contribution in [3.8, 4) is 0 Å². The minimum atomic E-state index is -1.06. The molecule has 0 radical (unpaired) electrons. The number of aryl methyl sites for hydroxylation is 1. The highest BCUT2D eigenvalue weighted by atomic mass is 16.4. The summed E-state index contributed by atoms with van der Waals surface area (Å²) in [4.78, 5) is 23.0. The van der Waals surface area contributed by atoms with Gasteiger partial charge >= 0.3 is 5.97 Å². The van der Waals surface area contributed by atoms with E-state index < -0.39 is 12.5 Å². The first-order valence-corrected chi connectivity index (χ1v) is 6.44. The summed E-state index contributed by atoms with van der Waals surface area (Å²) in [5.41, 5.74) is 1.34. The highest BCUT2D eigenvalue weighted by Crippen LogP contribution is 2.40. The Hall–Kier alpha value is -2.11. The molecule has 0 saturated heterocycles. The second-order valence-corrected chi connectivity index (χ2v) is 4.93. The lowest BCUT2D eigenvalue weighted by molar-refractivity contribution is -0.138. The van der Waals surface area contributed by atoms with Crippen LogP contribution in [0.15, 0.2) is 17.1 Å². The third-order valence-corrected chi connectivity index (χ3v) is 3.46. The topological polar surface area (TPSA) is 76.6 Å². The quantitative estimate of drug-likeness (QED) is 0.891. The summed E-state index contributed by atoms with van der Waals surface area (Å²) in [6.45, 7) is 1.54. The Labute approximate surface area is 109 Å². The van der Waals surface area contributed by atoms with Gasteiger partial charge in [0.15, 0.2) is 0 Å². The number of carbonyl (C=O) groups is 1. The number of aliphatic carboxylic acids is 1. The number of aromatic nitrogens is 3. The molecule has 0 unspecified atom stereocenters. The zero-order valence-electron chi connectivity index (χ0n) is 10.7. The molecular formula is C13H15N3O3. The summed E-state index contributed by atoms with van der Waals surface area (Å²) in [6.07, 6.45) is 4.94. The van der Waals surface area contributed by atoms with Crippen molar-refractivity contribution in [3.05, 3.63) is 34.0 Å². The summed E-state index contributed by atoms with van der Waals surface area (Å²) < 4.78 is 2.83. The summed E-state index contributed by atoms with van der Waals surface area (Å²) in [5.74, 6) is 0.203. The monoisotopic (exact) mass is 261 g/mol. The molecule has 0 aromatic carbocycles.